The zero-order valence-corrected chi connectivity index (χ0v) is 11.3. The lowest BCUT2D eigenvalue weighted by atomic mass is 10.1. The van der Waals surface area contributed by atoms with Crippen molar-refractivity contribution < 1.29 is 17.6 Å². The third-order valence-electron chi connectivity index (χ3n) is 3.50. The van der Waals surface area contributed by atoms with E-state index < -0.39 is 17.6 Å². The van der Waals surface area contributed by atoms with Crippen molar-refractivity contribution in [2.24, 2.45) is 0 Å². The van der Waals surface area contributed by atoms with E-state index in [1.54, 1.807) is 0 Å². The van der Waals surface area contributed by atoms with Gasteiger partial charge in [0.1, 0.15) is 5.82 Å². The summed E-state index contributed by atoms with van der Waals surface area (Å²) in [6.07, 6.45) is -2.12. The molecule has 0 spiro atoms. The fraction of sp³-hybridized carbons (Fsp3) is 0.571. The van der Waals surface area contributed by atoms with E-state index in [4.69, 9.17) is 0 Å². The summed E-state index contributed by atoms with van der Waals surface area (Å²) in [6.45, 7) is 1.50. The molecule has 20 heavy (non-hydrogen) atoms. The molecule has 1 aromatic rings. The molecule has 0 aliphatic heterocycles. The van der Waals surface area contributed by atoms with Crippen LogP contribution in [0.4, 0.5) is 17.6 Å². The Hall–Kier alpha value is -1.14. The first-order chi connectivity index (χ1) is 9.38. The second-order valence-electron chi connectivity index (χ2n) is 5.19. The fourth-order valence-corrected chi connectivity index (χ4v) is 2.14. The van der Waals surface area contributed by atoms with Crippen LogP contribution in [0, 0.1) is 5.82 Å². The first-order valence-electron chi connectivity index (χ1n) is 6.64. The summed E-state index contributed by atoms with van der Waals surface area (Å²) >= 11 is 0. The zero-order chi connectivity index (χ0) is 14.8. The molecule has 0 unspecified atom stereocenters. The van der Waals surface area contributed by atoms with E-state index in [2.05, 4.69) is 10.2 Å². The van der Waals surface area contributed by atoms with E-state index >= 15 is 0 Å². The van der Waals surface area contributed by atoms with Crippen molar-refractivity contribution in [1.29, 1.82) is 0 Å². The topological polar surface area (TPSA) is 15.3 Å². The number of hydrogen-bond donors (Lipinski definition) is 1. The molecule has 1 saturated carbocycles. The number of nitrogens with zero attached hydrogens (tertiary/aromatic N) is 1. The molecule has 112 valence electrons. The summed E-state index contributed by atoms with van der Waals surface area (Å²) in [5.74, 6) is -0.866. The molecule has 1 aliphatic rings. The Labute approximate surface area is 115 Å². The summed E-state index contributed by atoms with van der Waals surface area (Å²) in [4.78, 5) is 2.20. The quantitative estimate of drug-likeness (QED) is 0.640. The Morgan fingerprint density at radius 1 is 1.30 bits per heavy atom. The van der Waals surface area contributed by atoms with Crippen molar-refractivity contribution >= 4 is 0 Å². The maximum Gasteiger partial charge on any atom is 0.416 e. The first kappa shape index (κ1) is 15.3. The normalized spacial score (nSPS) is 15.9. The molecule has 0 aromatic heterocycles. The summed E-state index contributed by atoms with van der Waals surface area (Å²) in [5.41, 5.74) is -0.825. The number of alkyl halides is 3. The number of hydrogen-bond acceptors (Lipinski definition) is 2. The first-order valence-corrected chi connectivity index (χ1v) is 6.64. The predicted molar refractivity (Wildman–Crippen MR) is 68.8 cm³/mol. The Bertz CT molecular complexity index is 455. The Balaban J connectivity index is 1.88. The molecule has 6 heteroatoms. The van der Waals surface area contributed by atoms with Crippen molar-refractivity contribution in [3.63, 3.8) is 0 Å². The summed E-state index contributed by atoms with van der Waals surface area (Å²) in [6, 6.07) is 3.43. The van der Waals surface area contributed by atoms with Crippen LogP contribution in [0.1, 0.15) is 24.0 Å². The molecular formula is C14H18F4N2. The third-order valence-corrected chi connectivity index (χ3v) is 3.50. The summed E-state index contributed by atoms with van der Waals surface area (Å²) < 4.78 is 51.3. The van der Waals surface area contributed by atoms with Gasteiger partial charge in [0.15, 0.2) is 0 Å². The van der Waals surface area contributed by atoms with Crippen LogP contribution < -0.4 is 5.32 Å². The molecule has 0 amide bonds. The highest BCUT2D eigenvalue weighted by Crippen LogP contribution is 2.32. The van der Waals surface area contributed by atoms with Gasteiger partial charge in [0.25, 0.3) is 0 Å². The van der Waals surface area contributed by atoms with Crippen LogP contribution in [0.5, 0.6) is 0 Å². The molecule has 2 rings (SSSR count). The fourth-order valence-electron chi connectivity index (χ4n) is 2.14. The van der Waals surface area contributed by atoms with Crippen LogP contribution in [0.2, 0.25) is 0 Å². The number of nitrogens with one attached hydrogen (secondary N) is 1. The highest BCUT2D eigenvalue weighted by Gasteiger charge is 2.33. The van der Waals surface area contributed by atoms with Crippen LogP contribution in [-0.4, -0.2) is 31.1 Å². The van der Waals surface area contributed by atoms with Gasteiger partial charge in [-0.3, -0.25) is 0 Å². The number of benzene rings is 1. The smallest absolute Gasteiger partial charge is 0.311 e. The Morgan fingerprint density at radius 2 is 2.00 bits per heavy atom. The molecule has 1 N–H and O–H groups in total. The predicted octanol–water partition coefficient (Wildman–Crippen LogP) is 3.03. The van der Waals surface area contributed by atoms with Gasteiger partial charge < -0.3 is 10.2 Å². The summed E-state index contributed by atoms with van der Waals surface area (Å²) in [7, 11) is 2.01. The third kappa shape index (κ3) is 4.18. The van der Waals surface area contributed by atoms with Crippen molar-refractivity contribution in [3.8, 4) is 0 Å². The van der Waals surface area contributed by atoms with Gasteiger partial charge in [-0.1, -0.05) is 6.07 Å². The second-order valence-corrected chi connectivity index (χ2v) is 5.19. The van der Waals surface area contributed by atoms with Crippen LogP contribution in [0.15, 0.2) is 18.2 Å². The molecule has 0 bridgehead atoms. The van der Waals surface area contributed by atoms with Gasteiger partial charge in [-0.15, -0.1) is 0 Å². The molecule has 1 fully saturated rings. The SMILES string of the molecule is CN(CCNCc1ccc(F)cc1C(F)(F)F)C1CC1. The van der Waals surface area contributed by atoms with Crippen molar-refractivity contribution in [2.45, 2.75) is 31.6 Å². The Morgan fingerprint density at radius 3 is 2.60 bits per heavy atom. The number of rotatable bonds is 6. The van der Waals surface area contributed by atoms with Crippen molar-refractivity contribution in [1.82, 2.24) is 10.2 Å². The van der Waals surface area contributed by atoms with Crippen LogP contribution >= 0.6 is 0 Å². The molecule has 2 nitrogen and oxygen atoms in total. The van der Waals surface area contributed by atoms with Crippen LogP contribution in [-0.2, 0) is 12.7 Å². The molecule has 1 aliphatic carbocycles. The van der Waals surface area contributed by atoms with E-state index in [1.165, 1.54) is 18.9 Å². The number of halogens is 4. The van der Waals surface area contributed by atoms with Gasteiger partial charge in [0.05, 0.1) is 5.56 Å². The highest BCUT2D eigenvalue weighted by molar-refractivity contribution is 5.30. The van der Waals surface area contributed by atoms with Gasteiger partial charge in [-0.05, 0) is 37.6 Å². The maximum absolute atomic E-state index is 12.9. The molecular weight excluding hydrogens is 272 g/mol. The zero-order valence-electron chi connectivity index (χ0n) is 11.3. The monoisotopic (exact) mass is 290 g/mol. The van der Waals surface area contributed by atoms with Gasteiger partial charge in [0.2, 0.25) is 0 Å². The Kier molecular flexibility index (Phi) is 4.65. The minimum absolute atomic E-state index is 0.0768. The maximum atomic E-state index is 12.9. The standard InChI is InChI=1S/C14H18F4N2/c1-20(12-4-5-12)7-6-19-9-10-2-3-11(15)8-13(10)14(16,17)18/h2-3,8,12,19H,4-7,9H2,1H3. The van der Waals surface area contributed by atoms with Gasteiger partial charge in [-0.25, -0.2) is 4.39 Å². The van der Waals surface area contributed by atoms with Crippen molar-refractivity contribution in [3.05, 3.63) is 35.1 Å². The van der Waals surface area contributed by atoms with Crippen molar-refractivity contribution in [2.75, 3.05) is 20.1 Å². The van der Waals surface area contributed by atoms with E-state index in [0.29, 0.717) is 18.7 Å². The minimum atomic E-state index is -4.52. The molecule has 1 aromatic carbocycles. The average molecular weight is 290 g/mol. The van der Waals surface area contributed by atoms with Gasteiger partial charge in [-0.2, -0.15) is 13.2 Å². The lowest BCUT2D eigenvalue weighted by Crippen LogP contribution is -2.30. The second kappa shape index (κ2) is 6.10. The largest absolute Gasteiger partial charge is 0.416 e. The highest BCUT2D eigenvalue weighted by atomic mass is 19.4. The minimum Gasteiger partial charge on any atom is -0.311 e. The lowest BCUT2D eigenvalue weighted by Gasteiger charge is -2.17. The van der Waals surface area contributed by atoms with Crippen LogP contribution in [0.25, 0.3) is 0 Å². The van der Waals surface area contributed by atoms with Gasteiger partial charge in [0, 0.05) is 25.7 Å². The molecule has 0 atom stereocenters. The average Bonchev–Trinajstić information content (AvgIpc) is 3.18. The van der Waals surface area contributed by atoms with E-state index in [-0.39, 0.29) is 12.1 Å². The lowest BCUT2D eigenvalue weighted by molar-refractivity contribution is -0.138. The van der Waals surface area contributed by atoms with E-state index in [9.17, 15) is 17.6 Å². The van der Waals surface area contributed by atoms with Crippen LogP contribution in [0.3, 0.4) is 0 Å². The van der Waals surface area contributed by atoms with Gasteiger partial charge >= 0.3 is 6.18 Å². The molecule has 0 heterocycles. The van der Waals surface area contributed by atoms with E-state index in [1.807, 2.05) is 7.05 Å². The molecule has 0 saturated heterocycles. The summed E-state index contributed by atoms with van der Waals surface area (Å²) in [5, 5.41) is 2.98. The molecule has 0 radical (unpaired) electrons. The number of likely N-dealkylation sites (N-methyl/N-ethyl adjacent to an activating group) is 1. The van der Waals surface area contributed by atoms with E-state index in [0.717, 1.165) is 12.6 Å².